The van der Waals surface area contributed by atoms with Gasteiger partial charge in [-0.15, -0.1) is 0 Å². The van der Waals surface area contributed by atoms with Crippen molar-refractivity contribution in [2.24, 2.45) is 0 Å². The third-order valence-corrected chi connectivity index (χ3v) is 3.30. The van der Waals surface area contributed by atoms with Crippen LogP contribution in [0.4, 0.5) is 10.9 Å². The molecule has 1 saturated heterocycles. The summed E-state index contributed by atoms with van der Waals surface area (Å²) in [6.07, 6.45) is 2.41. The number of nitriles is 1. The van der Waals surface area contributed by atoms with Gasteiger partial charge < -0.3 is 10.2 Å². The highest BCUT2D eigenvalue weighted by atomic mass is 32.1. The predicted molar refractivity (Wildman–Crippen MR) is 57.8 cm³/mol. The molecule has 1 fully saturated rings. The summed E-state index contributed by atoms with van der Waals surface area (Å²) in [6, 6.07) is 2.20. The van der Waals surface area contributed by atoms with Crippen molar-refractivity contribution in [1.29, 1.82) is 5.26 Å². The maximum Gasteiger partial charge on any atom is 0.185 e. The zero-order chi connectivity index (χ0) is 9.97. The molecule has 1 aliphatic heterocycles. The molecular weight excluding hydrogens is 196 g/mol. The summed E-state index contributed by atoms with van der Waals surface area (Å²) < 4.78 is 0. The lowest BCUT2D eigenvalue weighted by Crippen LogP contribution is -2.18. The van der Waals surface area contributed by atoms with E-state index in [1.54, 1.807) is 0 Å². The summed E-state index contributed by atoms with van der Waals surface area (Å²) in [5, 5.41) is 12.8. The molecule has 0 radical (unpaired) electrons. The van der Waals surface area contributed by atoms with Crippen LogP contribution in [-0.2, 0) is 0 Å². The number of nitrogens with zero attached hydrogens (tertiary/aromatic N) is 3. The van der Waals surface area contributed by atoms with Crippen molar-refractivity contribution in [3.8, 4) is 6.07 Å². The average Bonchev–Trinajstić information content (AvgIpc) is 2.85. The summed E-state index contributed by atoms with van der Waals surface area (Å²) in [5.41, 5.74) is 0. The van der Waals surface area contributed by atoms with Crippen LogP contribution in [-0.4, -0.2) is 25.1 Å². The van der Waals surface area contributed by atoms with Crippen molar-refractivity contribution in [2.75, 3.05) is 30.4 Å². The van der Waals surface area contributed by atoms with Gasteiger partial charge in [0.05, 0.1) is 0 Å². The first-order chi connectivity index (χ1) is 6.85. The molecule has 4 nitrogen and oxygen atoms in total. The molecule has 14 heavy (non-hydrogen) atoms. The smallest absolute Gasteiger partial charge is 0.185 e. The van der Waals surface area contributed by atoms with Gasteiger partial charge in [0.1, 0.15) is 6.07 Å². The van der Waals surface area contributed by atoms with Gasteiger partial charge in [-0.2, -0.15) is 5.26 Å². The van der Waals surface area contributed by atoms with Crippen LogP contribution in [0.25, 0.3) is 0 Å². The molecule has 1 aromatic heterocycles. The molecule has 1 N–H and O–H groups in total. The van der Waals surface area contributed by atoms with Crippen LogP contribution in [0, 0.1) is 11.3 Å². The summed E-state index contributed by atoms with van der Waals surface area (Å²) in [4.78, 5) is 7.30. The Morgan fingerprint density at radius 1 is 1.50 bits per heavy atom. The van der Waals surface area contributed by atoms with Gasteiger partial charge >= 0.3 is 0 Å². The maximum absolute atomic E-state index is 8.95. The lowest BCUT2D eigenvalue weighted by atomic mass is 10.4. The highest BCUT2D eigenvalue weighted by molar-refractivity contribution is 7.16. The molecule has 74 valence electrons. The van der Waals surface area contributed by atoms with Crippen molar-refractivity contribution in [3.05, 3.63) is 4.88 Å². The molecule has 0 atom stereocenters. The molecule has 0 spiro atoms. The van der Waals surface area contributed by atoms with E-state index in [1.165, 1.54) is 24.2 Å². The van der Waals surface area contributed by atoms with Crippen LogP contribution < -0.4 is 10.2 Å². The van der Waals surface area contributed by atoms with E-state index in [0.29, 0.717) is 0 Å². The number of thiazole rings is 1. The second-order valence-corrected chi connectivity index (χ2v) is 4.23. The van der Waals surface area contributed by atoms with Gasteiger partial charge in [0.25, 0.3) is 0 Å². The Hall–Kier alpha value is -1.28. The van der Waals surface area contributed by atoms with Crippen molar-refractivity contribution in [2.45, 2.75) is 12.8 Å². The van der Waals surface area contributed by atoms with E-state index >= 15 is 0 Å². The summed E-state index contributed by atoms with van der Waals surface area (Å²) in [6.45, 7) is 2.06. The standard InChI is InChI=1S/C9H12N4S/c1-11-9-12-8(7(6-10)14-9)13-4-2-3-5-13/h2-5H2,1H3,(H,11,12). The van der Waals surface area contributed by atoms with E-state index in [2.05, 4.69) is 21.3 Å². The minimum Gasteiger partial charge on any atom is -0.364 e. The highest BCUT2D eigenvalue weighted by Crippen LogP contribution is 2.30. The van der Waals surface area contributed by atoms with Crippen molar-refractivity contribution < 1.29 is 0 Å². The lowest BCUT2D eigenvalue weighted by molar-refractivity contribution is 0.944. The quantitative estimate of drug-likeness (QED) is 0.803. The van der Waals surface area contributed by atoms with E-state index in [-0.39, 0.29) is 0 Å². The first-order valence-electron chi connectivity index (χ1n) is 4.69. The molecule has 1 aliphatic rings. The Kier molecular flexibility index (Phi) is 2.55. The maximum atomic E-state index is 8.95. The fraction of sp³-hybridized carbons (Fsp3) is 0.556. The summed E-state index contributed by atoms with van der Waals surface area (Å²) in [5.74, 6) is 0.861. The van der Waals surface area contributed by atoms with Crippen LogP contribution in [0.5, 0.6) is 0 Å². The molecule has 2 rings (SSSR count). The molecule has 5 heteroatoms. The summed E-state index contributed by atoms with van der Waals surface area (Å²) in [7, 11) is 1.83. The molecule has 0 aliphatic carbocycles. The van der Waals surface area contributed by atoms with E-state index in [9.17, 15) is 0 Å². The Balaban J connectivity index is 2.31. The van der Waals surface area contributed by atoms with Crippen LogP contribution in [0.1, 0.15) is 17.7 Å². The van der Waals surface area contributed by atoms with Gasteiger partial charge in [0.2, 0.25) is 0 Å². The molecule has 0 unspecified atom stereocenters. The molecule has 0 amide bonds. The number of anilines is 2. The van der Waals surface area contributed by atoms with Crippen molar-refractivity contribution in [3.63, 3.8) is 0 Å². The summed E-state index contributed by atoms with van der Waals surface area (Å²) >= 11 is 1.42. The zero-order valence-corrected chi connectivity index (χ0v) is 8.89. The fourth-order valence-electron chi connectivity index (χ4n) is 1.64. The Bertz CT molecular complexity index is 359. The number of hydrogen-bond donors (Lipinski definition) is 1. The van der Waals surface area contributed by atoms with Gasteiger partial charge in [-0.05, 0) is 12.8 Å². The second-order valence-electron chi connectivity index (χ2n) is 3.23. The Labute approximate surface area is 87.2 Å². The van der Waals surface area contributed by atoms with E-state index in [0.717, 1.165) is 28.9 Å². The van der Waals surface area contributed by atoms with Gasteiger partial charge in [-0.3, -0.25) is 0 Å². The molecular formula is C9H12N4S. The van der Waals surface area contributed by atoms with Gasteiger partial charge in [-0.25, -0.2) is 4.98 Å². The predicted octanol–water partition coefficient (Wildman–Crippen LogP) is 1.66. The Morgan fingerprint density at radius 2 is 2.21 bits per heavy atom. The van der Waals surface area contributed by atoms with Crippen LogP contribution >= 0.6 is 11.3 Å². The average molecular weight is 208 g/mol. The van der Waals surface area contributed by atoms with Crippen LogP contribution in [0.15, 0.2) is 0 Å². The van der Waals surface area contributed by atoms with E-state index in [1.807, 2.05) is 7.05 Å². The third-order valence-electron chi connectivity index (χ3n) is 2.33. The van der Waals surface area contributed by atoms with Crippen molar-refractivity contribution in [1.82, 2.24) is 4.98 Å². The molecule has 0 bridgehead atoms. The van der Waals surface area contributed by atoms with Gasteiger partial charge in [0, 0.05) is 20.1 Å². The number of nitrogens with one attached hydrogen (secondary N) is 1. The van der Waals surface area contributed by atoms with E-state index in [4.69, 9.17) is 5.26 Å². The van der Waals surface area contributed by atoms with Gasteiger partial charge in [-0.1, -0.05) is 11.3 Å². The number of rotatable bonds is 2. The fourth-order valence-corrected chi connectivity index (χ4v) is 2.37. The minimum absolute atomic E-state index is 0.719. The molecule has 0 aromatic carbocycles. The molecule has 0 saturated carbocycles. The van der Waals surface area contributed by atoms with Crippen LogP contribution in [0.2, 0.25) is 0 Å². The zero-order valence-electron chi connectivity index (χ0n) is 8.08. The SMILES string of the molecule is CNc1nc(N2CCCC2)c(C#N)s1. The largest absolute Gasteiger partial charge is 0.364 e. The van der Waals surface area contributed by atoms with Crippen molar-refractivity contribution >= 4 is 22.3 Å². The van der Waals surface area contributed by atoms with E-state index < -0.39 is 0 Å². The Morgan fingerprint density at radius 3 is 2.79 bits per heavy atom. The topological polar surface area (TPSA) is 52.0 Å². The molecule has 1 aromatic rings. The van der Waals surface area contributed by atoms with Crippen LogP contribution in [0.3, 0.4) is 0 Å². The normalized spacial score (nSPS) is 15.6. The number of aromatic nitrogens is 1. The van der Waals surface area contributed by atoms with Gasteiger partial charge in [0.15, 0.2) is 15.8 Å². The number of hydrogen-bond acceptors (Lipinski definition) is 5. The minimum atomic E-state index is 0.719. The lowest BCUT2D eigenvalue weighted by Gasteiger charge is -2.13. The first kappa shape index (κ1) is 9.28. The highest BCUT2D eigenvalue weighted by Gasteiger charge is 2.19. The second kappa shape index (κ2) is 3.84. The third kappa shape index (κ3) is 1.53. The molecule has 2 heterocycles. The monoisotopic (exact) mass is 208 g/mol. The first-order valence-corrected chi connectivity index (χ1v) is 5.50.